The van der Waals surface area contributed by atoms with Crippen LogP contribution < -0.4 is 11.1 Å². The number of hydrogen-bond acceptors (Lipinski definition) is 5. The molecule has 7 nitrogen and oxygen atoms in total. The van der Waals surface area contributed by atoms with Crippen LogP contribution in [0.3, 0.4) is 0 Å². The van der Waals surface area contributed by atoms with Gasteiger partial charge in [-0.1, -0.05) is 50.5 Å². The molecular weight excluding hydrogens is 396 g/mol. The van der Waals surface area contributed by atoms with E-state index in [2.05, 4.69) is 17.0 Å². The lowest BCUT2D eigenvalue weighted by Gasteiger charge is -2.13. The summed E-state index contributed by atoms with van der Waals surface area (Å²) in [5, 5.41) is 2.44. The van der Waals surface area contributed by atoms with E-state index in [0.717, 1.165) is 37.7 Å². The molecule has 0 unspecified atom stereocenters. The van der Waals surface area contributed by atoms with Crippen LogP contribution in [0.25, 0.3) is 0 Å². The maximum Gasteiger partial charge on any atom is 0.246 e. The molecule has 1 atom stereocenters. The molecule has 0 saturated heterocycles. The van der Waals surface area contributed by atoms with Crippen molar-refractivity contribution in [2.75, 3.05) is 20.3 Å². The Labute approximate surface area is 185 Å². The summed E-state index contributed by atoms with van der Waals surface area (Å²) < 4.78 is 4.67. The number of nitrogens with two attached hydrogens (primary N) is 1. The van der Waals surface area contributed by atoms with Gasteiger partial charge in [0.05, 0.1) is 6.54 Å². The normalized spacial score (nSPS) is 11.7. The van der Waals surface area contributed by atoms with Crippen molar-refractivity contribution in [3.05, 3.63) is 35.4 Å². The summed E-state index contributed by atoms with van der Waals surface area (Å²) in [4.78, 5) is 47.3. The van der Waals surface area contributed by atoms with Gasteiger partial charge in [-0.3, -0.25) is 19.2 Å². The Morgan fingerprint density at radius 3 is 2.35 bits per heavy atom. The van der Waals surface area contributed by atoms with Crippen LogP contribution >= 0.6 is 0 Å². The first-order valence-corrected chi connectivity index (χ1v) is 11.1. The van der Waals surface area contributed by atoms with E-state index in [1.165, 1.54) is 12.7 Å². The number of aryl methyl sites for hydroxylation is 1. The maximum absolute atomic E-state index is 12.3. The summed E-state index contributed by atoms with van der Waals surface area (Å²) in [6, 6.07) is 7.84. The molecule has 0 saturated carbocycles. The first-order chi connectivity index (χ1) is 14.9. The number of carbonyl (C=O) groups excluding carboxylic acids is 4. The van der Waals surface area contributed by atoms with Gasteiger partial charge in [-0.25, -0.2) is 0 Å². The average molecular weight is 433 g/mol. The van der Waals surface area contributed by atoms with Gasteiger partial charge < -0.3 is 15.8 Å². The quantitative estimate of drug-likeness (QED) is 0.290. The number of amides is 2. The van der Waals surface area contributed by atoms with E-state index in [4.69, 9.17) is 5.73 Å². The molecule has 7 heteroatoms. The number of primary amides is 1. The summed E-state index contributed by atoms with van der Waals surface area (Å²) in [6.45, 7) is 1.90. The van der Waals surface area contributed by atoms with E-state index in [1.54, 1.807) is 0 Å². The van der Waals surface area contributed by atoms with Crippen molar-refractivity contribution in [2.45, 2.75) is 64.7 Å². The Morgan fingerprint density at radius 1 is 1.03 bits per heavy atom. The third-order valence-electron chi connectivity index (χ3n) is 5.19. The van der Waals surface area contributed by atoms with Gasteiger partial charge in [0, 0.05) is 31.4 Å². The predicted octanol–water partition coefficient (Wildman–Crippen LogP) is 2.99. The van der Waals surface area contributed by atoms with Crippen LogP contribution in [0.4, 0.5) is 0 Å². The molecule has 0 spiro atoms. The van der Waals surface area contributed by atoms with Crippen molar-refractivity contribution in [3.8, 4) is 0 Å². The fraction of sp³-hybridized carbons (Fsp3) is 0.583. The van der Waals surface area contributed by atoms with Gasteiger partial charge in [0.15, 0.2) is 11.6 Å². The lowest BCUT2D eigenvalue weighted by atomic mass is 9.94. The molecule has 2 amide bonds. The highest BCUT2D eigenvalue weighted by molar-refractivity contribution is 5.96. The number of rotatable bonds is 17. The summed E-state index contributed by atoms with van der Waals surface area (Å²) in [7, 11) is 1.39. The summed E-state index contributed by atoms with van der Waals surface area (Å²) in [5.74, 6) is -1.58. The standard InChI is InChI=1S/C24H36N2O5/c1-3-4-8-18-11-13-19(14-12-18)22(28)10-7-5-6-9-20(24(25)30)15-21(27)16-26-23(29)17-31-2/h11-14,20H,3-10,15-17H2,1-2H3,(H2,25,30)(H,26,29)/t20-/m1/s1. The second-order valence-electron chi connectivity index (χ2n) is 7.87. The monoisotopic (exact) mass is 432 g/mol. The lowest BCUT2D eigenvalue weighted by Crippen LogP contribution is -2.34. The zero-order valence-electron chi connectivity index (χ0n) is 18.8. The lowest BCUT2D eigenvalue weighted by molar-refractivity contribution is -0.129. The highest BCUT2D eigenvalue weighted by Gasteiger charge is 2.19. The SMILES string of the molecule is CCCCc1ccc(C(=O)CCCCC[C@H](CC(=O)CNC(=O)COC)C(N)=O)cc1. The predicted molar refractivity (Wildman–Crippen MR) is 120 cm³/mol. The second-order valence-corrected chi connectivity index (χ2v) is 7.87. The molecule has 1 rings (SSSR count). The highest BCUT2D eigenvalue weighted by Crippen LogP contribution is 2.16. The second kappa shape index (κ2) is 15.3. The number of unbranched alkanes of at least 4 members (excludes halogenated alkanes) is 3. The van der Waals surface area contributed by atoms with Crippen LogP contribution in [0, 0.1) is 5.92 Å². The van der Waals surface area contributed by atoms with Gasteiger partial charge in [0.2, 0.25) is 11.8 Å². The van der Waals surface area contributed by atoms with Crippen LogP contribution in [0.1, 0.15) is 74.2 Å². The van der Waals surface area contributed by atoms with E-state index in [-0.39, 0.29) is 37.0 Å². The maximum atomic E-state index is 12.3. The number of carbonyl (C=O) groups is 4. The van der Waals surface area contributed by atoms with Crippen molar-refractivity contribution in [1.29, 1.82) is 0 Å². The number of nitrogens with one attached hydrogen (secondary N) is 1. The van der Waals surface area contributed by atoms with Crippen LogP contribution in [-0.2, 0) is 25.5 Å². The van der Waals surface area contributed by atoms with Crippen LogP contribution in [-0.4, -0.2) is 43.6 Å². The molecule has 31 heavy (non-hydrogen) atoms. The molecule has 1 aromatic rings. The van der Waals surface area contributed by atoms with Crippen molar-refractivity contribution in [3.63, 3.8) is 0 Å². The van der Waals surface area contributed by atoms with E-state index < -0.39 is 11.8 Å². The van der Waals surface area contributed by atoms with Crippen LogP contribution in [0.2, 0.25) is 0 Å². The minimum Gasteiger partial charge on any atom is -0.375 e. The third-order valence-corrected chi connectivity index (χ3v) is 5.19. The Balaban J connectivity index is 2.30. The van der Waals surface area contributed by atoms with Crippen LogP contribution in [0.15, 0.2) is 24.3 Å². The smallest absolute Gasteiger partial charge is 0.246 e. The fourth-order valence-corrected chi connectivity index (χ4v) is 3.31. The van der Waals surface area contributed by atoms with Gasteiger partial charge in [0.1, 0.15) is 6.61 Å². The van der Waals surface area contributed by atoms with Gasteiger partial charge in [-0.05, 0) is 31.2 Å². The van der Waals surface area contributed by atoms with Crippen LogP contribution in [0.5, 0.6) is 0 Å². The molecule has 0 radical (unpaired) electrons. The number of Topliss-reactive ketones (excluding diaryl/α,β-unsaturated/α-hetero) is 2. The molecule has 0 heterocycles. The number of benzene rings is 1. The number of hydrogen-bond donors (Lipinski definition) is 2. The molecule has 0 aliphatic rings. The van der Waals surface area contributed by atoms with E-state index in [1.807, 2.05) is 24.3 Å². The fourth-order valence-electron chi connectivity index (χ4n) is 3.31. The van der Waals surface area contributed by atoms with Crippen molar-refractivity contribution in [1.82, 2.24) is 5.32 Å². The zero-order chi connectivity index (χ0) is 23.1. The van der Waals surface area contributed by atoms with Gasteiger partial charge >= 0.3 is 0 Å². The molecule has 0 aliphatic carbocycles. The summed E-state index contributed by atoms with van der Waals surface area (Å²) in [6.07, 6.45) is 6.50. The van der Waals surface area contributed by atoms with E-state index in [0.29, 0.717) is 19.3 Å². The van der Waals surface area contributed by atoms with Crippen molar-refractivity contribution >= 4 is 23.4 Å². The van der Waals surface area contributed by atoms with Gasteiger partial charge in [0.25, 0.3) is 0 Å². The molecule has 0 aromatic heterocycles. The molecule has 3 N–H and O–H groups in total. The van der Waals surface area contributed by atoms with Gasteiger partial charge in [-0.2, -0.15) is 0 Å². The number of ether oxygens (including phenoxy) is 1. The average Bonchev–Trinajstić information content (AvgIpc) is 2.75. The highest BCUT2D eigenvalue weighted by atomic mass is 16.5. The molecule has 172 valence electrons. The molecule has 1 aromatic carbocycles. The molecule has 0 fully saturated rings. The first-order valence-electron chi connectivity index (χ1n) is 11.1. The first kappa shape index (κ1) is 26.5. The third kappa shape index (κ3) is 11.4. The van der Waals surface area contributed by atoms with Gasteiger partial charge in [-0.15, -0.1) is 0 Å². The summed E-state index contributed by atoms with van der Waals surface area (Å²) >= 11 is 0. The minimum absolute atomic E-state index is 0.00586. The summed E-state index contributed by atoms with van der Waals surface area (Å²) in [5.41, 5.74) is 7.40. The van der Waals surface area contributed by atoms with Crippen molar-refractivity contribution in [2.24, 2.45) is 11.7 Å². The molecule has 0 aliphatic heterocycles. The Hall–Kier alpha value is -2.54. The Bertz CT molecular complexity index is 715. The number of ketones is 2. The Morgan fingerprint density at radius 2 is 1.74 bits per heavy atom. The Kier molecular flexibility index (Phi) is 13.1. The zero-order valence-corrected chi connectivity index (χ0v) is 18.8. The van der Waals surface area contributed by atoms with Crippen molar-refractivity contribution < 1.29 is 23.9 Å². The van der Waals surface area contributed by atoms with E-state index in [9.17, 15) is 19.2 Å². The molecule has 0 bridgehead atoms. The minimum atomic E-state index is -0.557. The van der Waals surface area contributed by atoms with E-state index >= 15 is 0 Å². The largest absolute Gasteiger partial charge is 0.375 e. The molecular formula is C24H36N2O5. The topological polar surface area (TPSA) is 116 Å². The number of methoxy groups -OCH3 is 1.